The standard InChI is InChI=1S/C12H15N3OS/c1-8-4-5-10(17-8)12(13-2)9-6-11(16-3)15-7-14-9/h4-7,12-13H,1-3H3. The molecule has 0 aliphatic carbocycles. The lowest BCUT2D eigenvalue weighted by molar-refractivity contribution is 0.395. The number of aromatic nitrogens is 2. The van der Waals surface area contributed by atoms with Crippen molar-refractivity contribution in [1.82, 2.24) is 15.3 Å². The molecule has 0 spiro atoms. The predicted octanol–water partition coefficient (Wildman–Crippen LogP) is 2.16. The van der Waals surface area contributed by atoms with Gasteiger partial charge in [-0.15, -0.1) is 11.3 Å². The molecule has 1 N–H and O–H groups in total. The van der Waals surface area contributed by atoms with E-state index < -0.39 is 0 Å². The molecule has 0 fully saturated rings. The van der Waals surface area contributed by atoms with Crippen molar-refractivity contribution in [3.8, 4) is 5.88 Å². The molecule has 0 aliphatic heterocycles. The Balaban J connectivity index is 2.34. The van der Waals surface area contributed by atoms with E-state index >= 15 is 0 Å². The first-order chi connectivity index (χ1) is 8.24. The molecule has 17 heavy (non-hydrogen) atoms. The Morgan fingerprint density at radius 1 is 1.35 bits per heavy atom. The second-order valence-corrected chi connectivity index (χ2v) is 4.97. The fourth-order valence-corrected chi connectivity index (χ4v) is 2.67. The van der Waals surface area contributed by atoms with E-state index in [-0.39, 0.29) is 6.04 Å². The van der Waals surface area contributed by atoms with Crippen molar-refractivity contribution in [1.29, 1.82) is 0 Å². The minimum atomic E-state index is 0.0885. The Bertz CT molecular complexity index is 498. The smallest absolute Gasteiger partial charge is 0.216 e. The van der Waals surface area contributed by atoms with Crippen LogP contribution in [-0.4, -0.2) is 24.1 Å². The molecule has 0 radical (unpaired) electrons. The summed E-state index contributed by atoms with van der Waals surface area (Å²) in [5.41, 5.74) is 0.918. The van der Waals surface area contributed by atoms with Crippen LogP contribution < -0.4 is 10.1 Å². The van der Waals surface area contributed by atoms with E-state index in [9.17, 15) is 0 Å². The van der Waals surface area contributed by atoms with E-state index in [2.05, 4.69) is 34.3 Å². The van der Waals surface area contributed by atoms with Gasteiger partial charge in [0.1, 0.15) is 6.33 Å². The molecule has 0 aromatic carbocycles. The van der Waals surface area contributed by atoms with E-state index in [0.717, 1.165) is 5.69 Å². The summed E-state index contributed by atoms with van der Waals surface area (Å²) in [5.74, 6) is 0.587. The van der Waals surface area contributed by atoms with E-state index in [4.69, 9.17) is 4.74 Å². The molecule has 2 aromatic heterocycles. The van der Waals surface area contributed by atoms with Crippen LogP contribution >= 0.6 is 11.3 Å². The van der Waals surface area contributed by atoms with E-state index in [1.807, 2.05) is 13.1 Å². The first-order valence-corrected chi connectivity index (χ1v) is 6.15. The number of nitrogens with one attached hydrogen (secondary N) is 1. The highest BCUT2D eigenvalue weighted by Crippen LogP contribution is 2.27. The zero-order valence-electron chi connectivity index (χ0n) is 10.1. The van der Waals surface area contributed by atoms with Crippen LogP contribution in [0.5, 0.6) is 5.88 Å². The summed E-state index contributed by atoms with van der Waals surface area (Å²) >= 11 is 1.76. The van der Waals surface area contributed by atoms with E-state index in [1.54, 1.807) is 18.4 Å². The third-order valence-electron chi connectivity index (χ3n) is 2.50. The lowest BCUT2D eigenvalue weighted by Crippen LogP contribution is -2.18. The van der Waals surface area contributed by atoms with Crippen molar-refractivity contribution in [3.05, 3.63) is 40.0 Å². The summed E-state index contributed by atoms with van der Waals surface area (Å²) in [6, 6.07) is 6.18. The summed E-state index contributed by atoms with van der Waals surface area (Å²) in [6.45, 7) is 2.10. The summed E-state index contributed by atoms with van der Waals surface area (Å²) in [5, 5.41) is 3.26. The van der Waals surface area contributed by atoms with Gasteiger partial charge in [0.05, 0.1) is 18.8 Å². The van der Waals surface area contributed by atoms with Gasteiger partial charge in [-0.1, -0.05) is 0 Å². The van der Waals surface area contributed by atoms with Crippen molar-refractivity contribution >= 4 is 11.3 Å². The summed E-state index contributed by atoms with van der Waals surface area (Å²) < 4.78 is 5.12. The lowest BCUT2D eigenvalue weighted by atomic mass is 10.1. The minimum Gasteiger partial charge on any atom is -0.481 e. The topological polar surface area (TPSA) is 47.0 Å². The molecule has 4 nitrogen and oxygen atoms in total. The summed E-state index contributed by atoms with van der Waals surface area (Å²) in [7, 11) is 3.53. The van der Waals surface area contributed by atoms with Gasteiger partial charge in [-0.2, -0.15) is 0 Å². The fourth-order valence-electron chi connectivity index (χ4n) is 1.67. The van der Waals surface area contributed by atoms with Gasteiger partial charge in [0, 0.05) is 15.8 Å². The Morgan fingerprint density at radius 2 is 2.18 bits per heavy atom. The van der Waals surface area contributed by atoms with E-state index in [0.29, 0.717) is 5.88 Å². The molecule has 1 unspecified atom stereocenters. The molecule has 2 heterocycles. The van der Waals surface area contributed by atoms with Gasteiger partial charge in [-0.3, -0.25) is 0 Å². The molecule has 90 valence electrons. The van der Waals surface area contributed by atoms with Crippen molar-refractivity contribution in [2.24, 2.45) is 0 Å². The van der Waals surface area contributed by atoms with Crippen molar-refractivity contribution in [2.45, 2.75) is 13.0 Å². The maximum atomic E-state index is 5.12. The Hall–Kier alpha value is -1.46. The molecule has 2 aromatic rings. The third-order valence-corrected chi connectivity index (χ3v) is 3.57. The van der Waals surface area contributed by atoms with Gasteiger partial charge >= 0.3 is 0 Å². The Labute approximate surface area is 105 Å². The molecule has 0 bridgehead atoms. The van der Waals surface area contributed by atoms with Crippen LogP contribution in [0.3, 0.4) is 0 Å². The number of rotatable bonds is 4. The molecular formula is C12H15N3OS. The summed E-state index contributed by atoms with van der Waals surface area (Å²) in [4.78, 5) is 10.8. The van der Waals surface area contributed by atoms with Crippen molar-refractivity contribution in [2.75, 3.05) is 14.2 Å². The number of hydrogen-bond acceptors (Lipinski definition) is 5. The highest BCUT2D eigenvalue weighted by atomic mass is 32.1. The van der Waals surface area contributed by atoms with Crippen LogP contribution in [0.15, 0.2) is 24.5 Å². The van der Waals surface area contributed by atoms with Crippen LogP contribution in [0, 0.1) is 6.92 Å². The van der Waals surface area contributed by atoms with Crippen LogP contribution in [0.25, 0.3) is 0 Å². The molecule has 5 heteroatoms. The highest BCUT2D eigenvalue weighted by Gasteiger charge is 2.16. The molecule has 0 saturated heterocycles. The molecule has 2 rings (SSSR count). The maximum absolute atomic E-state index is 5.12. The molecule has 0 saturated carbocycles. The second-order valence-electron chi connectivity index (χ2n) is 3.66. The van der Waals surface area contributed by atoms with Crippen LogP contribution in [0.2, 0.25) is 0 Å². The van der Waals surface area contributed by atoms with Crippen molar-refractivity contribution in [3.63, 3.8) is 0 Å². The summed E-state index contributed by atoms with van der Waals surface area (Å²) in [6.07, 6.45) is 1.53. The Kier molecular flexibility index (Phi) is 3.71. The van der Waals surface area contributed by atoms with Gasteiger partial charge in [0.2, 0.25) is 5.88 Å². The number of methoxy groups -OCH3 is 1. The molecular weight excluding hydrogens is 234 g/mol. The number of ether oxygens (including phenoxy) is 1. The van der Waals surface area contributed by atoms with Crippen LogP contribution in [-0.2, 0) is 0 Å². The van der Waals surface area contributed by atoms with Crippen LogP contribution in [0.1, 0.15) is 21.5 Å². The second kappa shape index (κ2) is 5.25. The molecule has 0 amide bonds. The average molecular weight is 249 g/mol. The van der Waals surface area contributed by atoms with Gasteiger partial charge in [0.25, 0.3) is 0 Å². The first-order valence-electron chi connectivity index (χ1n) is 5.34. The van der Waals surface area contributed by atoms with Gasteiger partial charge < -0.3 is 10.1 Å². The number of aryl methyl sites for hydroxylation is 1. The predicted molar refractivity (Wildman–Crippen MR) is 68.5 cm³/mol. The van der Waals surface area contributed by atoms with Gasteiger partial charge in [-0.05, 0) is 26.1 Å². The molecule has 0 aliphatic rings. The zero-order chi connectivity index (χ0) is 12.3. The Morgan fingerprint density at radius 3 is 2.76 bits per heavy atom. The van der Waals surface area contributed by atoms with Crippen molar-refractivity contribution < 1.29 is 4.74 Å². The quantitative estimate of drug-likeness (QED) is 0.902. The minimum absolute atomic E-state index is 0.0885. The number of thiophene rings is 1. The number of nitrogens with zero attached hydrogens (tertiary/aromatic N) is 2. The zero-order valence-corrected chi connectivity index (χ0v) is 10.9. The maximum Gasteiger partial charge on any atom is 0.216 e. The average Bonchev–Trinajstić information content (AvgIpc) is 2.77. The normalized spacial score (nSPS) is 12.4. The first kappa shape index (κ1) is 12.0. The van der Waals surface area contributed by atoms with E-state index in [1.165, 1.54) is 16.1 Å². The molecule has 1 atom stereocenters. The van der Waals surface area contributed by atoms with Crippen LogP contribution in [0.4, 0.5) is 0 Å². The fraction of sp³-hybridized carbons (Fsp3) is 0.333. The monoisotopic (exact) mass is 249 g/mol. The largest absolute Gasteiger partial charge is 0.481 e. The third kappa shape index (κ3) is 2.62. The van der Waals surface area contributed by atoms with Gasteiger partial charge in [-0.25, -0.2) is 9.97 Å². The lowest BCUT2D eigenvalue weighted by Gasteiger charge is -2.14. The number of hydrogen-bond donors (Lipinski definition) is 1. The SMILES string of the molecule is CNC(c1cc(OC)ncn1)c1ccc(C)s1. The highest BCUT2D eigenvalue weighted by molar-refractivity contribution is 7.12. The van der Waals surface area contributed by atoms with Gasteiger partial charge in [0.15, 0.2) is 0 Å².